The van der Waals surface area contributed by atoms with Gasteiger partial charge in [-0.1, -0.05) is 11.8 Å². The molecule has 15 heavy (non-hydrogen) atoms. The number of aliphatic hydroxyl groups is 1. The molecule has 0 aliphatic heterocycles. The van der Waals surface area contributed by atoms with Gasteiger partial charge in [-0.25, -0.2) is 4.98 Å². The monoisotopic (exact) mass is 231 g/mol. The topological polar surface area (TPSA) is 99.1 Å². The van der Waals surface area contributed by atoms with Crippen LogP contribution in [0.1, 0.15) is 19.2 Å². The number of carboxylic acid groups (broad SMARTS) is 1. The van der Waals surface area contributed by atoms with Crippen molar-refractivity contribution < 1.29 is 15.0 Å². The van der Waals surface area contributed by atoms with Crippen molar-refractivity contribution >= 4 is 17.7 Å². The van der Waals surface area contributed by atoms with Crippen molar-refractivity contribution in [3.05, 3.63) is 5.82 Å². The lowest BCUT2D eigenvalue weighted by Crippen LogP contribution is -2.02. The van der Waals surface area contributed by atoms with E-state index in [0.29, 0.717) is 23.8 Å². The number of thioether (sulfide) groups is 1. The van der Waals surface area contributed by atoms with Gasteiger partial charge in [0.15, 0.2) is 0 Å². The summed E-state index contributed by atoms with van der Waals surface area (Å²) in [6, 6.07) is 0. The molecule has 0 aliphatic rings. The third kappa shape index (κ3) is 4.80. The summed E-state index contributed by atoms with van der Waals surface area (Å²) in [7, 11) is 0. The molecule has 0 saturated heterocycles. The molecule has 6 nitrogen and oxygen atoms in total. The summed E-state index contributed by atoms with van der Waals surface area (Å²) < 4.78 is 0. The predicted molar refractivity (Wildman–Crippen MR) is 54.7 cm³/mol. The zero-order valence-electron chi connectivity index (χ0n) is 8.30. The number of aromatic amines is 1. The molecule has 1 aromatic rings. The average Bonchev–Trinajstić information content (AvgIpc) is 2.59. The summed E-state index contributed by atoms with van der Waals surface area (Å²) in [5.74, 6) is -0.271. The van der Waals surface area contributed by atoms with E-state index < -0.39 is 5.97 Å². The quantitative estimate of drug-likeness (QED) is 0.609. The van der Waals surface area contributed by atoms with Crippen LogP contribution in [-0.4, -0.2) is 43.2 Å². The first kappa shape index (κ1) is 12.0. The Morgan fingerprint density at radius 2 is 2.40 bits per heavy atom. The molecule has 1 rings (SSSR count). The molecule has 0 saturated carbocycles. The predicted octanol–water partition coefficient (Wildman–Crippen LogP) is 0.295. The molecule has 7 heteroatoms. The first-order chi connectivity index (χ1) is 7.08. The zero-order valence-corrected chi connectivity index (χ0v) is 9.12. The number of hydrogen-bond acceptors (Lipinski definition) is 5. The Kier molecular flexibility index (Phi) is 4.57. The first-order valence-corrected chi connectivity index (χ1v) is 5.50. The van der Waals surface area contributed by atoms with Crippen LogP contribution in [0.25, 0.3) is 0 Å². The van der Waals surface area contributed by atoms with E-state index in [4.69, 9.17) is 10.2 Å². The molecule has 1 aromatic heterocycles. The highest BCUT2D eigenvalue weighted by Gasteiger charge is 2.07. The van der Waals surface area contributed by atoms with Crippen molar-refractivity contribution in [1.82, 2.24) is 15.2 Å². The molecule has 0 radical (unpaired) electrons. The SMILES string of the molecule is CC(O)CCc1nc(SCC(=O)O)n[nH]1. The molecular weight excluding hydrogens is 218 g/mol. The van der Waals surface area contributed by atoms with E-state index >= 15 is 0 Å². The maximum atomic E-state index is 10.3. The molecule has 0 bridgehead atoms. The molecule has 0 aliphatic carbocycles. The van der Waals surface area contributed by atoms with Crippen molar-refractivity contribution in [3.63, 3.8) is 0 Å². The van der Waals surface area contributed by atoms with Gasteiger partial charge in [0, 0.05) is 6.42 Å². The highest BCUT2D eigenvalue weighted by atomic mass is 32.2. The third-order valence-corrected chi connectivity index (χ3v) is 2.47. The first-order valence-electron chi connectivity index (χ1n) is 4.52. The molecule has 0 aromatic carbocycles. The normalized spacial score (nSPS) is 12.7. The van der Waals surface area contributed by atoms with E-state index in [1.54, 1.807) is 6.92 Å². The fourth-order valence-corrected chi connectivity index (χ4v) is 1.46. The molecule has 1 heterocycles. The third-order valence-electron chi connectivity index (χ3n) is 1.63. The number of carbonyl (C=O) groups is 1. The van der Waals surface area contributed by atoms with Crippen LogP contribution >= 0.6 is 11.8 Å². The molecule has 84 valence electrons. The Bertz CT molecular complexity index is 327. The molecule has 0 spiro atoms. The van der Waals surface area contributed by atoms with Gasteiger partial charge in [-0.3, -0.25) is 9.89 Å². The lowest BCUT2D eigenvalue weighted by molar-refractivity contribution is -0.133. The molecular formula is C8H13N3O3S. The van der Waals surface area contributed by atoms with Crippen molar-refractivity contribution in [3.8, 4) is 0 Å². The Hall–Kier alpha value is -1.08. The largest absolute Gasteiger partial charge is 0.481 e. The van der Waals surface area contributed by atoms with Crippen LogP contribution in [0.5, 0.6) is 0 Å². The Morgan fingerprint density at radius 3 is 3.00 bits per heavy atom. The van der Waals surface area contributed by atoms with Crippen LogP contribution in [0, 0.1) is 0 Å². The second-order valence-electron chi connectivity index (χ2n) is 3.13. The summed E-state index contributed by atoms with van der Waals surface area (Å²) in [6.07, 6.45) is 0.849. The number of aliphatic carboxylic acids is 1. The van der Waals surface area contributed by atoms with Crippen molar-refractivity contribution in [2.45, 2.75) is 31.0 Å². The average molecular weight is 231 g/mol. The standard InChI is InChI=1S/C8H13N3O3S/c1-5(12)2-3-6-9-8(11-10-6)15-4-7(13)14/h5,12H,2-4H2,1H3,(H,13,14)(H,9,10,11). The van der Waals surface area contributed by atoms with E-state index in [2.05, 4.69) is 15.2 Å². The number of aliphatic hydroxyl groups excluding tert-OH is 1. The number of hydrogen-bond donors (Lipinski definition) is 3. The molecule has 3 N–H and O–H groups in total. The Morgan fingerprint density at radius 1 is 1.67 bits per heavy atom. The fourth-order valence-electron chi connectivity index (χ4n) is 0.926. The summed E-state index contributed by atoms with van der Waals surface area (Å²) in [6.45, 7) is 1.70. The summed E-state index contributed by atoms with van der Waals surface area (Å²) in [5, 5.41) is 24.5. The molecule has 0 fully saturated rings. The number of aryl methyl sites for hydroxylation is 1. The van der Waals surface area contributed by atoms with Gasteiger partial charge in [0.25, 0.3) is 0 Å². The smallest absolute Gasteiger partial charge is 0.313 e. The summed E-state index contributed by atoms with van der Waals surface area (Å²) >= 11 is 1.07. The second-order valence-corrected chi connectivity index (χ2v) is 4.08. The number of rotatable bonds is 6. The van der Waals surface area contributed by atoms with Gasteiger partial charge in [-0.15, -0.1) is 5.10 Å². The van der Waals surface area contributed by atoms with Crippen LogP contribution in [0.15, 0.2) is 5.16 Å². The molecule has 0 amide bonds. The second kappa shape index (κ2) is 5.72. The number of nitrogens with one attached hydrogen (secondary N) is 1. The number of aromatic nitrogens is 3. The fraction of sp³-hybridized carbons (Fsp3) is 0.625. The van der Waals surface area contributed by atoms with Gasteiger partial charge in [-0.05, 0) is 13.3 Å². The number of H-pyrrole nitrogens is 1. The zero-order chi connectivity index (χ0) is 11.3. The highest BCUT2D eigenvalue weighted by molar-refractivity contribution is 7.99. The minimum absolute atomic E-state index is 0.0479. The highest BCUT2D eigenvalue weighted by Crippen LogP contribution is 2.12. The van der Waals surface area contributed by atoms with E-state index in [1.807, 2.05) is 0 Å². The maximum absolute atomic E-state index is 10.3. The molecule has 1 atom stereocenters. The van der Waals surface area contributed by atoms with E-state index in [9.17, 15) is 4.79 Å². The van der Waals surface area contributed by atoms with Gasteiger partial charge < -0.3 is 10.2 Å². The van der Waals surface area contributed by atoms with Crippen molar-refractivity contribution in [2.75, 3.05) is 5.75 Å². The van der Waals surface area contributed by atoms with Gasteiger partial charge in [-0.2, -0.15) is 0 Å². The summed E-state index contributed by atoms with van der Waals surface area (Å²) in [5.41, 5.74) is 0. The van der Waals surface area contributed by atoms with E-state index in [1.165, 1.54) is 0 Å². The Labute approximate surface area is 91.1 Å². The van der Waals surface area contributed by atoms with Crippen LogP contribution in [0.2, 0.25) is 0 Å². The van der Waals surface area contributed by atoms with Gasteiger partial charge >= 0.3 is 5.97 Å². The lowest BCUT2D eigenvalue weighted by atomic mass is 10.2. The maximum Gasteiger partial charge on any atom is 0.313 e. The van der Waals surface area contributed by atoms with Gasteiger partial charge in [0.05, 0.1) is 11.9 Å². The van der Waals surface area contributed by atoms with Gasteiger partial charge in [0.2, 0.25) is 5.16 Å². The van der Waals surface area contributed by atoms with Crippen LogP contribution < -0.4 is 0 Å². The minimum Gasteiger partial charge on any atom is -0.481 e. The lowest BCUT2D eigenvalue weighted by Gasteiger charge is -1.99. The number of nitrogens with zero attached hydrogens (tertiary/aromatic N) is 2. The van der Waals surface area contributed by atoms with E-state index in [0.717, 1.165) is 11.8 Å². The van der Waals surface area contributed by atoms with Crippen LogP contribution in [-0.2, 0) is 11.2 Å². The van der Waals surface area contributed by atoms with Crippen LogP contribution in [0.3, 0.4) is 0 Å². The number of carboxylic acids is 1. The van der Waals surface area contributed by atoms with E-state index in [-0.39, 0.29) is 11.9 Å². The van der Waals surface area contributed by atoms with Crippen LogP contribution in [0.4, 0.5) is 0 Å². The van der Waals surface area contributed by atoms with Gasteiger partial charge in [0.1, 0.15) is 5.82 Å². The minimum atomic E-state index is -0.893. The van der Waals surface area contributed by atoms with Crippen molar-refractivity contribution in [2.24, 2.45) is 0 Å². The summed E-state index contributed by atoms with van der Waals surface area (Å²) in [4.78, 5) is 14.4. The van der Waals surface area contributed by atoms with Crippen molar-refractivity contribution in [1.29, 1.82) is 0 Å². The molecule has 1 unspecified atom stereocenters. The Balaban J connectivity index is 2.38.